The first-order valence-corrected chi connectivity index (χ1v) is 3.81. The van der Waals surface area contributed by atoms with Gasteiger partial charge in [0.05, 0.1) is 5.97 Å². The Morgan fingerprint density at radius 1 is 1.67 bits per heavy atom. The van der Waals surface area contributed by atoms with E-state index in [9.17, 15) is 9.90 Å². The van der Waals surface area contributed by atoms with Crippen LogP contribution in [0, 0.1) is 0 Å². The largest absolute Gasteiger partial charge is 0.549 e. The van der Waals surface area contributed by atoms with Gasteiger partial charge in [-0.1, -0.05) is 0 Å². The zero-order valence-corrected chi connectivity index (χ0v) is 5.82. The van der Waals surface area contributed by atoms with Crippen molar-refractivity contribution >= 4 is 17.7 Å². The van der Waals surface area contributed by atoms with E-state index in [2.05, 4.69) is 0 Å². The van der Waals surface area contributed by atoms with Gasteiger partial charge in [-0.25, -0.2) is 0 Å². The Morgan fingerprint density at radius 2 is 2.33 bits per heavy atom. The maximum atomic E-state index is 9.77. The molecule has 9 heavy (non-hydrogen) atoms. The molecule has 0 radical (unpaired) electrons. The summed E-state index contributed by atoms with van der Waals surface area (Å²) in [6, 6.07) is 0. The lowest BCUT2D eigenvalue weighted by atomic mass is 10.5. The maximum Gasteiger partial charge on any atom is 0.0513 e. The van der Waals surface area contributed by atoms with E-state index in [0.717, 1.165) is 0 Å². The van der Waals surface area contributed by atoms with Gasteiger partial charge in [-0.2, -0.15) is 11.8 Å². The highest BCUT2D eigenvalue weighted by Crippen LogP contribution is 1.99. The molecule has 0 aromatic heterocycles. The fourth-order valence-corrected chi connectivity index (χ4v) is 0.966. The molecule has 3 nitrogen and oxygen atoms in total. The highest BCUT2D eigenvalue weighted by Gasteiger charge is 1.87. The molecule has 0 aliphatic carbocycles. The first-order chi connectivity index (χ1) is 4.27. The fourth-order valence-electron chi connectivity index (χ4n) is 0.322. The van der Waals surface area contributed by atoms with Gasteiger partial charge in [-0.3, -0.25) is 0 Å². The van der Waals surface area contributed by atoms with Gasteiger partial charge in [-0.15, -0.1) is 0 Å². The Kier molecular flexibility index (Phi) is 5.76. The van der Waals surface area contributed by atoms with Crippen LogP contribution < -0.4 is 5.11 Å². The first kappa shape index (κ1) is 8.78. The van der Waals surface area contributed by atoms with E-state index in [-0.39, 0.29) is 12.4 Å². The summed E-state index contributed by atoms with van der Waals surface area (Å²) in [7, 11) is 0. The van der Waals surface area contributed by atoms with Crippen molar-refractivity contribution in [2.75, 3.05) is 18.1 Å². The van der Waals surface area contributed by atoms with E-state index in [1.807, 2.05) is 0 Å². The van der Waals surface area contributed by atoms with Crippen LogP contribution in [0.3, 0.4) is 0 Å². The van der Waals surface area contributed by atoms with Crippen LogP contribution in [0.2, 0.25) is 0 Å². The third kappa shape index (κ3) is 7.78. The van der Waals surface area contributed by atoms with Crippen LogP contribution in [0.5, 0.6) is 0 Å². The summed E-state index contributed by atoms with van der Waals surface area (Å²) in [6.45, 7) is 0.125. The van der Waals surface area contributed by atoms with Gasteiger partial charge in [0.1, 0.15) is 0 Å². The van der Waals surface area contributed by atoms with Gasteiger partial charge < -0.3 is 15.0 Å². The molecule has 0 aromatic rings. The summed E-state index contributed by atoms with van der Waals surface area (Å²) < 4.78 is 0. The average Bonchev–Trinajstić information content (AvgIpc) is 1.80. The van der Waals surface area contributed by atoms with Crippen molar-refractivity contribution in [2.45, 2.75) is 6.42 Å². The molecule has 0 amide bonds. The molecule has 0 heterocycles. The normalized spacial score (nSPS) is 9.44. The molecule has 0 spiro atoms. The third-order valence-corrected chi connectivity index (χ3v) is 1.68. The van der Waals surface area contributed by atoms with Crippen molar-refractivity contribution in [3.63, 3.8) is 0 Å². The minimum Gasteiger partial charge on any atom is -0.549 e. The standard InChI is InChI=1S/C5H10O3S/c6-2-1-3-9-4-5(7)8/h6H,1-4H2,(H,7,8)/p-1. The van der Waals surface area contributed by atoms with Crippen LogP contribution in [0.1, 0.15) is 6.42 Å². The van der Waals surface area contributed by atoms with Crippen LogP contribution in [0.15, 0.2) is 0 Å². The number of thioether (sulfide) groups is 1. The maximum absolute atomic E-state index is 9.77. The fraction of sp³-hybridized carbons (Fsp3) is 0.800. The molecule has 0 aromatic carbocycles. The predicted molar refractivity (Wildman–Crippen MR) is 34.0 cm³/mol. The molecule has 0 rings (SSSR count). The van der Waals surface area contributed by atoms with Gasteiger partial charge in [0.15, 0.2) is 0 Å². The zero-order valence-electron chi connectivity index (χ0n) is 5.00. The number of aliphatic hydroxyl groups is 1. The molecule has 0 aliphatic heterocycles. The van der Waals surface area contributed by atoms with Crippen molar-refractivity contribution in [3.8, 4) is 0 Å². The lowest BCUT2D eigenvalue weighted by molar-refractivity contribution is -0.301. The molecular formula is C5H9O3S-. The van der Waals surface area contributed by atoms with E-state index in [4.69, 9.17) is 5.11 Å². The molecule has 4 heteroatoms. The predicted octanol–water partition coefficient (Wildman–Crippen LogP) is -1.15. The van der Waals surface area contributed by atoms with E-state index in [1.54, 1.807) is 0 Å². The number of carboxylic acids is 1. The summed E-state index contributed by atoms with van der Waals surface area (Å²) in [4.78, 5) is 9.77. The SMILES string of the molecule is O=C([O-])CSCCCO. The molecule has 0 aliphatic rings. The number of carbonyl (C=O) groups is 1. The van der Waals surface area contributed by atoms with Crippen molar-refractivity contribution < 1.29 is 15.0 Å². The van der Waals surface area contributed by atoms with Gasteiger partial charge in [-0.05, 0) is 12.2 Å². The number of rotatable bonds is 5. The number of hydrogen-bond donors (Lipinski definition) is 1. The highest BCUT2D eigenvalue weighted by atomic mass is 32.2. The lowest BCUT2D eigenvalue weighted by Crippen LogP contribution is -2.24. The minimum atomic E-state index is -1.04. The van der Waals surface area contributed by atoms with Crippen molar-refractivity contribution in [1.29, 1.82) is 0 Å². The van der Waals surface area contributed by atoms with E-state index in [0.29, 0.717) is 12.2 Å². The van der Waals surface area contributed by atoms with Gasteiger partial charge in [0.2, 0.25) is 0 Å². The van der Waals surface area contributed by atoms with Crippen molar-refractivity contribution in [2.24, 2.45) is 0 Å². The highest BCUT2D eigenvalue weighted by molar-refractivity contribution is 7.99. The molecule has 0 saturated carbocycles. The second-order valence-corrected chi connectivity index (χ2v) is 2.61. The van der Waals surface area contributed by atoms with Gasteiger partial charge >= 0.3 is 0 Å². The van der Waals surface area contributed by atoms with Gasteiger partial charge in [0.25, 0.3) is 0 Å². The van der Waals surface area contributed by atoms with Crippen LogP contribution in [-0.2, 0) is 4.79 Å². The Bertz CT molecular complexity index is 84.3. The molecule has 1 N–H and O–H groups in total. The van der Waals surface area contributed by atoms with Crippen LogP contribution >= 0.6 is 11.8 Å². The molecule has 0 fully saturated rings. The molecule has 0 unspecified atom stereocenters. The summed E-state index contributed by atoms with van der Waals surface area (Å²) >= 11 is 1.26. The average molecular weight is 149 g/mol. The number of hydrogen-bond acceptors (Lipinski definition) is 4. The summed E-state index contributed by atoms with van der Waals surface area (Å²) in [5.74, 6) is -0.331. The molecule has 0 saturated heterocycles. The monoisotopic (exact) mass is 149 g/mol. The lowest BCUT2D eigenvalue weighted by Gasteiger charge is -1.99. The molecule has 0 atom stereocenters. The number of aliphatic carboxylic acids is 1. The van der Waals surface area contributed by atoms with Crippen LogP contribution in [0.25, 0.3) is 0 Å². The minimum absolute atomic E-state index is 0.0278. The van der Waals surface area contributed by atoms with Crippen molar-refractivity contribution in [1.82, 2.24) is 0 Å². The smallest absolute Gasteiger partial charge is 0.0513 e. The Balaban J connectivity index is 2.83. The molecular weight excluding hydrogens is 140 g/mol. The zero-order chi connectivity index (χ0) is 7.11. The van der Waals surface area contributed by atoms with Crippen LogP contribution in [0.4, 0.5) is 0 Å². The first-order valence-electron chi connectivity index (χ1n) is 2.66. The second kappa shape index (κ2) is 5.91. The van der Waals surface area contributed by atoms with E-state index < -0.39 is 5.97 Å². The number of carbonyl (C=O) groups excluding carboxylic acids is 1. The van der Waals surface area contributed by atoms with Crippen molar-refractivity contribution in [3.05, 3.63) is 0 Å². The molecule has 0 bridgehead atoms. The molecule has 54 valence electrons. The topological polar surface area (TPSA) is 60.4 Å². The van der Waals surface area contributed by atoms with E-state index >= 15 is 0 Å². The summed E-state index contributed by atoms with van der Waals surface area (Å²) in [5, 5.41) is 18.0. The quantitative estimate of drug-likeness (QED) is 0.501. The Morgan fingerprint density at radius 3 is 2.78 bits per heavy atom. The number of carboxylic acid groups (broad SMARTS) is 1. The number of aliphatic hydroxyl groups excluding tert-OH is 1. The summed E-state index contributed by atoms with van der Waals surface area (Å²) in [6.07, 6.45) is 0.651. The summed E-state index contributed by atoms with van der Waals surface area (Å²) in [5.41, 5.74) is 0. The Labute approximate surface area is 58.1 Å². The van der Waals surface area contributed by atoms with E-state index in [1.165, 1.54) is 11.8 Å². The van der Waals surface area contributed by atoms with Gasteiger partial charge in [0, 0.05) is 12.4 Å². The second-order valence-electron chi connectivity index (χ2n) is 1.50. The van der Waals surface area contributed by atoms with Crippen LogP contribution in [-0.4, -0.2) is 29.2 Å². The Hall–Kier alpha value is -0.220. The third-order valence-electron chi connectivity index (χ3n) is 0.667.